The summed E-state index contributed by atoms with van der Waals surface area (Å²) in [4.78, 5) is 23.2. The number of aromatic carboxylic acids is 1. The Morgan fingerprint density at radius 3 is 2.35 bits per heavy atom. The van der Waals surface area contributed by atoms with Crippen LogP contribution >= 0.6 is 0 Å². The minimum atomic E-state index is -1.29. The van der Waals surface area contributed by atoms with Crippen LogP contribution in [-0.2, 0) is 16.8 Å². The second-order valence-electron chi connectivity index (χ2n) is 6.88. The Morgan fingerprint density at radius 2 is 1.81 bits per heavy atom. The summed E-state index contributed by atoms with van der Waals surface area (Å²) in [5.74, 6) is -1.75. The van der Waals surface area contributed by atoms with Crippen molar-refractivity contribution in [2.45, 2.75) is 32.8 Å². The first kappa shape index (κ1) is 19.3. The van der Waals surface area contributed by atoms with Crippen molar-refractivity contribution in [2.24, 2.45) is 0 Å². The molecule has 0 aliphatic rings. The number of benzene rings is 2. The molecule has 0 atom stereocenters. The fourth-order valence-corrected chi connectivity index (χ4v) is 2.49. The lowest BCUT2D eigenvalue weighted by molar-refractivity contribution is -0.268. The van der Waals surface area contributed by atoms with Crippen LogP contribution in [0.2, 0.25) is 0 Å². The molecule has 2 aromatic rings. The summed E-state index contributed by atoms with van der Waals surface area (Å²) in [6.07, 6.45) is 0. The molecule has 0 fully saturated rings. The second-order valence-corrected chi connectivity index (χ2v) is 6.88. The van der Waals surface area contributed by atoms with Gasteiger partial charge in [0.05, 0.1) is 18.2 Å². The molecule has 0 heterocycles. The number of carboxylic acids is 1. The predicted octanol–water partition coefficient (Wildman–Crippen LogP) is 3.12. The summed E-state index contributed by atoms with van der Waals surface area (Å²) in [6.45, 7) is 5.92. The molecule has 138 valence electrons. The number of hydrogen-bond donors (Lipinski definition) is 1. The van der Waals surface area contributed by atoms with Gasteiger partial charge in [0.15, 0.2) is 0 Å². The van der Waals surface area contributed by atoms with Crippen LogP contribution in [0.15, 0.2) is 36.4 Å². The summed E-state index contributed by atoms with van der Waals surface area (Å²) < 4.78 is 10.6. The van der Waals surface area contributed by atoms with Crippen LogP contribution in [0.5, 0.6) is 11.5 Å². The Hall–Kier alpha value is -3.02. The highest BCUT2D eigenvalue weighted by molar-refractivity contribution is 5.91. The Bertz CT molecular complexity index is 833. The number of carbonyl (C=O) groups is 2. The van der Waals surface area contributed by atoms with E-state index in [2.05, 4.69) is 0 Å². The monoisotopic (exact) mass is 357 g/mol. The molecule has 0 saturated heterocycles. The van der Waals surface area contributed by atoms with Gasteiger partial charge in [0.1, 0.15) is 12.4 Å². The maximum absolute atomic E-state index is 12.3. The Labute approximate surface area is 152 Å². The minimum Gasteiger partial charge on any atom is -0.872 e. The molecule has 0 spiro atoms. The van der Waals surface area contributed by atoms with Crippen LogP contribution in [0.3, 0.4) is 0 Å². The largest absolute Gasteiger partial charge is 0.872 e. The lowest BCUT2D eigenvalue weighted by Gasteiger charge is -2.22. The summed E-state index contributed by atoms with van der Waals surface area (Å²) in [6, 6.07) is 8.88. The second kappa shape index (κ2) is 7.47. The van der Waals surface area contributed by atoms with Gasteiger partial charge in [-0.3, -0.25) is 0 Å². The van der Waals surface area contributed by atoms with Gasteiger partial charge in [-0.2, -0.15) is 0 Å². The Balaban J connectivity index is 2.16. The van der Waals surface area contributed by atoms with Crippen molar-refractivity contribution in [3.63, 3.8) is 0 Å². The highest BCUT2D eigenvalue weighted by Gasteiger charge is 2.21. The van der Waals surface area contributed by atoms with E-state index in [1.807, 2.05) is 20.8 Å². The van der Waals surface area contributed by atoms with Gasteiger partial charge in [-0.15, -0.1) is 0 Å². The first-order valence-corrected chi connectivity index (χ1v) is 8.02. The first-order valence-electron chi connectivity index (χ1n) is 8.02. The SMILES string of the molecule is COc1ccc(C(=O)OCc2ccc(C(=O)O)c([O-])c2)cc1C(C)(C)C. The number of methoxy groups -OCH3 is 1. The standard InChI is InChI=1S/C20H22O6/c1-20(2,3)15-10-13(6-8-17(15)25-4)19(24)26-11-12-5-7-14(18(22)23)16(21)9-12/h5-10,21H,11H2,1-4H3,(H,22,23)/p-1. The minimum absolute atomic E-state index is 0.120. The fourth-order valence-electron chi connectivity index (χ4n) is 2.49. The average Bonchev–Trinajstić information content (AvgIpc) is 2.58. The zero-order chi connectivity index (χ0) is 19.5. The van der Waals surface area contributed by atoms with E-state index in [-0.39, 0.29) is 17.6 Å². The van der Waals surface area contributed by atoms with E-state index in [1.54, 1.807) is 25.3 Å². The highest BCUT2D eigenvalue weighted by atomic mass is 16.5. The van der Waals surface area contributed by atoms with Crippen LogP contribution in [0.4, 0.5) is 0 Å². The lowest BCUT2D eigenvalue weighted by atomic mass is 9.85. The average molecular weight is 357 g/mol. The Kier molecular flexibility index (Phi) is 5.55. The van der Waals surface area contributed by atoms with Crippen molar-refractivity contribution in [3.8, 4) is 11.5 Å². The normalized spacial score (nSPS) is 11.1. The van der Waals surface area contributed by atoms with E-state index in [9.17, 15) is 14.7 Å². The van der Waals surface area contributed by atoms with Crippen molar-refractivity contribution in [3.05, 3.63) is 58.7 Å². The molecule has 2 aromatic carbocycles. The number of esters is 1. The number of hydrogen-bond acceptors (Lipinski definition) is 5. The molecular weight excluding hydrogens is 336 g/mol. The van der Waals surface area contributed by atoms with E-state index in [4.69, 9.17) is 14.6 Å². The number of rotatable bonds is 5. The van der Waals surface area contributed by atoms with Crippen LogP contribution in [0.1, 0.15) is 52.6 Å². The quantitative estimate of drug-likeness (QED) is 0.826. The molecule has 6 nitrogen and oxygen atoms in total. The van der Waals surface area contributed by atoms with Gasteiger partial charge < -0.3 is 19.7 Å². The van der Waals surface area contributed by atoms with Gasteiger partial charge in [0.25, 0.3) is 0 Å². The van der Waals surface area contributed by atoms with E-state index in [1.165, 1.54) is 12.1 Å². The van der Waals surface area contributed by atoms with Crippen LogP contribution < -0.4 is 9.84 Å². The summed E-state index contributed by atoms with van der Waals surface area (Å²) >= 11 is 0. The van der Waals surface area contributed by atoms with Crippen molar-refractivity contribution >= 4 is 11.9 Å². The molecule has 0 radical (unpaired) electrons. The van der Waals surface area contributed by atoms with Crippen molar-refractivity contribution < 1.29 is 29.3 Å². The molecule has 6 heteroatoms. The molecule has 0 saturated carbocycles. The molecule has 0 unspecified atom stereocenters. The zero-order valence-electron chi connectivity index (χ0n) is 15.2. The summed E-state index contributed by atoms with van der Waals surface area (Å²) in [5.41, 5.74) is 1.15. The van der Waals surface area contributed by atoms with Gasteiger partial charge in [0.2, 0.25) is 0 Å². The molecule has 0 aliphatic carbocycles. The Morgan fingerprint density at radius 1 is 1.12 bits per heavy atom. The van der Waals surface area contributed by atoms with E-state index in [0.717, 1.165) is 11.6 Å². The summed E-state index contributed by atoms with van der Waals surface area (Å²) in [7, 11) is 1.57. The fraction of sp³-hybridized carbons (Fsp3) is 0.300. The van der Waals surface area contributed by atoms with Crippen LogP contribution in [0, 0.1) is 0 Å². The van der Waals surface area contributed by atoms with Gasteiger partial charge >= 0.3 is 11.9 Å². The van der Waals surface area contributed by atoms with Crippen molar-refractivity contribution in [1.82, 2.24) is 0 Å². The maximum Gasteiger partial charge on any atom is 0.338 e. The number of carboxylic acid groups (broad SMARTS) is 1. The van der Waals surface area contributed by atoms with Crippen LogP contribution in [-0.4, -0.2) is 24.2 Å². The van der Waals surface area contributed by atoms with Gasteiger partial charge in [0, 0.05) is 5.56 Å². The van der Waals surface area contributed by atoms with Crippen molar-refractivity contribution in [1.29, 1.82) is 0 Å². The molecule has 2 rings (SSSR count). The topological polar surface area (TPSA) is 95.9 Å². The smallest absolute Gasteiger partial charge is 0.338 e. The third-order valence-electron chi connectivity index (χ3n) is 3.89. The van der Waals surface area contributed by atoms with Gasteiger partial charge in [-0.25, -0.2) is 9.59 Å². The van der Waals surface area contributed by atoms with E-state index < -0.39 is 17.7 Å². The third kappa shape index (κ3) is 4.33. The van der Waals surface area contributed by atoms with Crippen LogP contribution in [0.25, 0.3) is 0 Å². The molecule has 0 aromatic heterocycles. The molecule has 26 heavy (non-hydrogen) atoms. The highest BCUT2D eigenvalue weighted by Crippen LogP contribution is 2.32. The molecular formula is C20H21O6-. The van der Waals surface area contributed by atoms with Gasteiger partial charge in [-0.1, -0.05) is 38.7 Å². The van der Waals surface area contributed by atoms with Crippen molar-refractivity contribution in [2.75, 3.05) is 7.11 Å². The summed E-state index contributed by atoms with van der Waals surface area (Å²) in [5, 5.41) is 20.5. The lowest BCUT2D eigenvalue weighted by Crippen LogP contribution is -2.15. The van der Waals surface area contributed by atoms with Gasteiger partial charge in [-0.05, 0) is 35.2 Å². The van der Waals surface area contributed by atoms with E-state index >= 15 is 0 Å². The number of ether oxygens (including phenoxy) is 2. The predicted molar refractivity (Wildman–Crippen MR) is 93.7 cm³/mol. The van der Waals surface area contributed by atoms with E-state index in [0.29, 0.717) is 16.9 Å². The first-order chi connectivity index (χ1) is 12.1. The third-order valence-corrected chi connectivity index (χ3v) is 3.89. The molecule has 1 N–H and O–H groups in total. The molecule has 0 amide bonds. The molecule has 0 bridgehead atoms. The molecule has 0 aliphatic heterocycles. The maximum atomic E-state index is 12.3. The zero-order valence-corrected chi connectivity index (χ0v) is 15.2. The number of carbonyl (C=O) groups excluding carboxylic acids is 1.